The molecule has 1 amide bonds. The number of aliphatic hydroxyl groups excluding tert-OH is 1. The van der Waals surface area contributed by atoms with Crippen LogP contribution in [0.25, 0.3) is 11.0 Å². The number of anilines is 1. The molecule has 194 valence electrons. The van der Waals surface area contributed by atoms with E-state index in [2.05, 4.69) is 15.9 Å². The molecule has 0 saturated carbocycles. The Balaban J connectivity index is 1.71. The Labute approximate surface area is 224 Å². The third kappa shape index (κ3) is 4.16. The molecule has 3 aromatic carbocycles. The van der Waals surface area contributed by atoms with Crippen LogP contribution in [0.2, 0.25) is 0 Å². The first-order valence-corrected chi connectivity index (χ1v) is 12.1. The molecule has 10 heteroatoms. The van der Waals surface area contributed by atoms with Gasteiger partial charge in [0.2, 0.25) is 11.5 Å². The fraction of sp³-hybridized carbons (Fsp3) is 0.143. The highest BCUT2D eigenvalue weighted by atomic mass is 79.9. The van der Waals surface area contributed by atoms with Crippen LogP contribution in [0.1, 0.15) is 22.2 Å². The molecule has 0 bridgehead atoms. The van der Waals surface area contributed by atoms with Crippen molar-refractivity contribution < 1.29 is 37.7 Å². The van der Waals surface area contributed by atoms with Crippen LogP contribution in [-0.2, 0) is 4.79 Å². The van der Waals surface area contributed by atoms with E-state index >= 15 is 0 Å². The van der Waals surface area contributed by atoms with E-state index in [0.717, 1.165) is 4.47 Å². The van der Waals surface area contributed by atoms with Crippen LogP contribution in [0.3, 0.4) is 0 Å². The Morgan fingerprint density at radius 3 is 2.24 bits per heavy atom. The largest absolute Gasteiger partial charge is 0.503 e. The minimum absolute atomic E-state index is 0.0640. The van der Waals surface area contributed by atoms with Crippen molar-refractivity contribution in [2.45, 2.75) is 6.04 Å². The van der Waals surface area contributed by atoms with Gasteiger partial charge in [-0.15, -0.1) is 0 Å². The lowest BCUT2D eigenvalue weighted by atomic mass is 9.94. The van der Waals surface area contributed by atoms with Crippen molar-refractivity contribution in [1.29, 1.82) is 0 Å². The molecule has 0 radical (unpaired) electrons. The van der Waals surface area contributed by atoms with Crippen LogP contribution in [0.15, 0.2) is 80.9 Å². The lowest BCUT2D eigenvalue weighted by Crippen LogP contribution is -2.31. The Kier molecular flexibility index (Phi) is 6.58. The van der Waals surface area contributed by atoms with E-state index in [9.17, 15) is 19.1 Å². The van der Waals surface area contributed by atoms with Gasteiger partial charge in [-0.1, -0.05) is 15.9 Å². The first kappa shape index (κ1) is 25.3. The number of furan rings is 1. The second-order valence-electron chi connectivity index (χ2n) is 8.40. The molecule has 0 spiro atoms. The topological polar surface area (TPSA) is 98.4 Å². The van der Waals surface area contributed by atoms with Crippen LogP contribution < -0.4 is 19.1 Å². The second kappa shape index (κ2) is 9.86. The molecule has 0 fully saturated rings. The molecule has 0 saturated heterocycles. The van der Waals surface area contributed by atoms with Gasteiger partial charge < -0.3 is 23.7 Å². The number of fused-ring (bicyclic) bond motifs is 1. The molecule has 1 aromatic heterocycles. The van der Waals surface area contributed by atoms with Crippen molar-refractivity contribution in [2.24, 2.45) is 0 Å². The SMILES string of the molecule is COc1cc(C2C(C(=O)c3cc4cc(Br)ccc4o3)=C(O)C(=O)N2c2ccc(F)cc2)cc(OC)c1OC. The van der Waals surface area contributed by atoms with Gasteiger partial charge >= 0.3 is 0 Å². The van der Waals surface area contributed by atoms with Gasteiger partial charge in [0.15, 0.2) is 23.0 Å². The molecule has 0 aliphatic carbocycles. The minimum Gasteiger partial charge on any atom is -0.503 e. The number of Topliss-reactive ketones (excluding diaryl/α,β-unsaturated/α-hetero) is 1. The van der Waals surface area contributed by atoms with Gasteiger partial charge in [-0.2, -0.15) is 0 Å². The van der Waals surface area contributed by atoms with Gasteiger partial charge in [0, 0.05) is 15.5 Å². The van der Waals surface area contributed by atoms with Crippen molar-refractivity contribution in [2.75, 3.05) is 26.2 Å². The summed E-state index contributed by atoms with van der Waals surface area (Å²) >= 11 is 3.39. The summed E-state index contributed by atoms with van der Waals surface area (Å²) in [6.07, 6.45) is 0. The van der Waals surface area contributed by atoms with Gasteiger partial charge in [0.1, 0.15) is 11.4 Å². The Morgan fingerprint density at radius 2 is 1.63 bits per heavy atom. The van der Waals surface area contributed by atoms with E-state index in [1.807, 2.05) is 0 Å². The molecular formula is C28H21BrFNO7. The maximum atomic E-state index is 13.9. The average Bonchev–Trinajstić information content (AvgIpc) is 3.46. The zero-order valence-electron chi connectivity index (χ0n) is 20.5. The van der Waals surface area contributed by atoms with Crippen molar-refractivity contribution in [3.63, 3.8) is 0 Å². The van der Waals surface area contributed by atoms with Crippen molar-refractivity contribution >= 4 is 44.3 Å². The number of halogens is 2. The highest BCUT2D eigenvalue weighted by Gasteiger charge is 2.46. The molecule has 1 unspecified atom stereocenters. The highest BCUT2D eigenvalue weighted by Crippen LogP contribution is 2.47. The summed E-state index contributed by atoms with van der Waals surface area (Å²) in [5.74, 6) is -1.98. The number of aliphatic hydroxyl groups is 1. The number of rotatable bonds is 7. The van der Waals surface area contributed by atoms with Gasteiger partial charge in [-0.05, 0) is 66.2 Å². The standard InChI is InChI=1S/C28H21BrFNO7/c1-35-21-12-15(13-22(36-2)27(21)37-3)24-23(25(32)20-11-14-10-16(29)4-9-19(14)38-20)26(33)28(34)31(24)18-7-5-17(30)6-8-18/h4-13,24,33H,1-3H3. The summed E-state index contributed by atoms with van der Waals surface area (Å²) in [5.41, 5.74) is 0.883. The number of carbonyl (C=O) groups is 2. The number of hydrogen-bond donors (Lipinski definition) is 1. The summed E-state index contributed by atoms with van der Waals surface area (Å²) in [4.78, 5) is 28.5. The molecule has 8 nitrogen and oxygen atoms in total. The maximum Gasteiger partial charge on any atom is 0.294 e. The fourth-order valence-corrected chi connectivity index (χ4v) is 4.92. The lowest BCUT2D eigenvalue weighted by molar-refractivity contribution is -0.117. The smallest absolute Gasteiger partial charge is 0.294 e. The van der Waals surface area contributed by atoms with E-state index in [1.165, 1.54) is 50.5 Å². The number of ether oxygens (including phenoxy) is 3. The zero-order valence-corrected chi connectivity index (χ0v) is 22.0. The minimum atomic E-state index is -1.13. The van der Waals surface area contributed by atoms with Crippen LogP contribution in [0, 0.1) is 5.82 Å². The summed E-state index contributed by atoms with van der Waals surface area (Å²) in [5, 5.41) is 11.7. The summed E-state index contributed by atoms with van der Waals surface area (Å²) in [6.45, 7) is 0. The van der Waals surface area contributed by atoms with Gasteiger partial charge in [0.05, 0.1) is 32.9 Å². The monoisotopic (exact) mass is 581 g/mol. The summed E-state index contributed by atoms with van der Waals surface area (Å²) < 4.78 is 36.7. The normalized spacial score (nSPS) is 15.3. The van der Waals surface area contributed by atoms with E-state index in [1.54, 1.807) is 36.4 Å². The van der Waals surface area contributed by atoms with E-state index < -0.39 is 29.3 Å². The predicted molar refractivity (Wildman–Crippen MR) is 141 cm³/mol. The van der Waals surface area contributed by atoms with Crippen LogP contribution in [0.5, 0.6) is 17.2 Å². The molecule has 1 aliphatic heterocycles. The Hall–Kier alpha value is -4.31. The molecule has 38 heavy (non-hydrogen) atoms. The van der Waals surface area contributed by atoms with Crippen LogP contribution >= 0.6 is 15.9 Å². The first-order valence-electron chi connectivity index (χ1n) is 11.3. The van der Waals surface area contributed by atoms with E-state index in [4.69, 9.17) is 18.6 Å². The Morgan fingerprint density at radius 1 is 0.974 bits per heavy atom. The second-order valence-corrected chi connectivity index (χ2v) is 9.31. The number of methoxy groups -OCH3 is 3. The molecule has 4 aromatic rings. The first-order chi connectivity index (χ1) is 18.3. The molecule has 5 rings (SSSR count). The lowest BCUT2D eigenvalue weighted by Gasteiger charge is -2.27. The molecule has 1 aliphatic rings. The maximum absolute atomic E-state index is 13.9. The molecule has 1 atom stereocenters. The van der Waals surface area contributed by atoms with Crippen LogP contribution in [0.4, 0.5) is 10.1 Å². The predicted octanol–water partition coefficient (Wildman–Crippen LogP) is 6.14. The fourth-order valence-electron chi connectivity index (χ4n) is 4.54. The zero-order chi connectivity index (χ0) is 27.1. The number of hydrogen-bond acceptors (Lipinski definition) is 7. The van der Waals surface area contributed by atoms with E-state index in [-0.39, 0.29) is 28.5 Å². The number of benzene rings is 3. The van der Waals surface area contributed by atoms with Crippen molar-refractivity contribution in [3.05, 3.63) is 93.6 Å². The number of ketones is 1. The van der Waals surface area contributed by atoms with Gasteiger partial charge in [-0.25, -0.2) is 4.39 Å². The van der Waals surface area contributed by atoms with Crippen LogP contribution in [-0.4, -0.2) is 38.1 Å². The third-order valence-corrected chi connectivity index (χ3v) is 6.76. The van der Waals surface area contributed by atoms with Crippen molar-refractivity contribution in [3.8, 4) is 17.2 Å². The third-order valence-electron chi connectivity index (χ3n) is 6.26. The molecular weight excluding hydrogens is 561 g/mol. The van der Waals surface area contributed by atoms with Gasteiger partial charge in [0.25, 0.3) is 5.91 Å². The molecule has 1 N–H and O–H groups in total. The van der Waals surface area contributed by atoms with E-state index in [0.29, 0.717) is 22.3 Å². The quantitative estimate of drug-likeness (QED) is 0.261. The number of amides is 1. The summed E-state index contributed by atoms with van der Waals surface area (Å²) in [7, 11) is 4.32. The highest BCUT2D eigenvalue weighted by molar-refractivity contribution is 9.10. The van der Waals surface area contributed by atoms with Crippen molar-refractivity contribution in [1.82, 2.24) is 0 Å². The summed E-state index contributed by atoms with van der Waals surface area (Å²) in [6, 6.07) is 14.0. The van der Waals surface area contributed by atoms with Gasteiger partial charge in [-0.3, -0.25) is 14.5 Å². The number of carbonyl (C=O) groups excluding carboxylic acids is 2. The average molecular weight is 582 g/mol. The number of nitrogens with zero attached hydrogens (tertiary/aromatic N) is 1. The molecule has 2 heterocycles. The Bertz CT molecular complexity index is 1580.